The molecule has 2 atom stereocenters. The fourth-order valence-corrected chi connectivity index (χ4v) is 5.26. The molecule has 0 saturated carbocycles. The van der Waals surface area contributed by atoms with E-state index >= 15 is 0 Å². The highest BCUT2D eigenvalue weighted by atomic mass is 79.9. The van der Waals surface area contributed by atoms with Crippen LogP contribution in [0.3, 0.4) is 0 Å². The number of fused-ring (bicyclic) bond motifs is 1. The number of aliphatic hydroxyl groups is 1. The van der Waals surface area contributed by atoms with Crippen molar-refractivity contribution in [2.45, 2.75) is 36.9 Å². The quantitative estimate of drug-likeness (QED) is 0.222. The van der Waals surface area contributed by atoms with Gasteiger partial charge in [-0.2, -0.15) is 0 Å². The smallest absolute Gasteiger partial charge is 0.352 e. The highest BCUT2D eigenvalue weighted by molar-refractivity contribution is 9.10. The molecule has 5 N–H and O–H groups in total. The Morgan fingerprint density at radius 3 is 2.41 bits per heavy atom. The van der Waals surface area contributed by atoms with E-state index in [1.165, 1.54) is 12.1 Å². The summed E-state index contributed by atoms with van der Waals surface area (Å²) in [6, 6.07) is 21.2. The lowest BCUT2D eigenvalue weighted by molar-refractivity contribution is 0.0686. The zero-order valence-electron chi connectivity index (χ0n) is 20.1. The van der Waals surface area contributed by atoms with Crippen molar-refractivity contribution >= 4 is 42.8 Å². The van der Waals surface area contributed by atoms with E-state index < -0.39 is 22.1 Å². The molecule has 1 aromatic heterocycles. The molecule has 37 heavy (non-hydrogen) atoms. The Balaban J connectivity index is 1.49. The van der Waals surface area contributed by atoms with E-state index in [2.05, 4.69) is 21.2 Å². The standard InChI is InChI=1S/C27H28BrN3O5S/c1-17(30-15-26(32)20-3-2-4-22(28)13-20)11-19-7-10-24-21(12-19)14-25(27(33)34)31(24)16-18-5-8-23(9-6-18)37(29,35)36/h2-10,12-14,17,26,30,32H,11,15-16H2,1H3,(H,33,34)(H2,29,35,36). The number of primary sulfonamides is 1. The zero-order valence-corrected chi connectivity index (χ0v) is 22.5. The highest BCUT2D eigenvalue weighted by Gasteiger charge is 2.17. The Morgan fingerprint density at radius 2 is 1.76 bits per heavy atom. The minimum Gasteiger partial charge on any atom is -0.477 e. The second-order valence-corrected chi connectivity index (χ2v) is 11.6. The van der Waals surface area contributed by atoms with Gasteiger partial charge in [0.15, 0.2) is 0 Å². The second kappa shape index (κ2) is 11.2. The van der Waals surface area contributed by atoms with Crippen LogP contribution in [-0.4, -0.2) is 41.8 Å². The third-order valence-corrected chi connectivity index (χ3v) is 7.63. The van der Waals surface area contributed by atoms with E-state index in [0.717, 1.165) is 32.1 Å². The van der Waals surface area contributed by atoms with Gasteiger partial charge in [-0.3, -0.25) is 0 Å². The summed E-state index contributed by atoms with van der Waals surface area (Å²) in [6.07, 6.45) is 0.0673. The van der Waals surface area contributed by atoms with Crippen LogP contribution in [0.15, 0.2) is 82.2 Å². The number of hydrogen-bond acceptors (Lipinski definition) is 5. The van der Waals surface area contributed by atoms with E-state index in [1.807, 2.05) is 49.4 Å². The molecule has 194 valence electrons. The molecule has 0 aliphatic rings. The zero-order chi connectivity index (χ0) is 26.7. The number of carboxylic acid groups (broad SMARTS) is 1. The number of carbonyl (C=O) groups is 1. The molecule has 1 heterocycles. The first kappa shape index (κ1) is 27.0. The summed E-state index contributed by atoms with van der Waals surface area (Å²) in [4.78, 5) is 12.0. The van der Waals surface area contributed by atoms with Crippen molar-refractivity contribution in [2.75, 3.05) is 6.54 Å². The van der Waals surface area contributed by atoms with Gasteiger partial charge in [0.2, 0.25) is 10.0 Å². The molecule has 0 aliphatic carbocycles. The van der Waals surface area contributed by atoms with E-state index in [1.54, 1.807) is 22.8 Å². The first-order valence-electron chi connectivity index (χ1n) is 11.7. The largest absolute Gasteiger partial charge is 0.477 e. The van der Waals surface area contributed by atoms with Gasteiger partial charge in [-0.15, -0.1) is 0 Å². The Hall–Kier alpha value is -3.02. The van der Waals surface area contributed by atoms with E-state index in [-0.39, 0.29) is 23.2 Å². The van der Waals surface area contributed by atoms with Crippen LogP contribution >= 0.6 is 15.9 Å². The summed E-state index contributed by atoms with van der Waals surface area (Å²) < 4.78 is 25.6. The number of benzene rings is 3. The van der Waals surface area contributed by atoms with Gasteiger partial charge in [0.25, 0.3) is 0 Å². The summed E-state index contributed by atoms with van der Waals surface area (Å²) >= 11 is 3.42. The molecule has 4 rings (SSSR count). The van der Waals surface area contributed by atoms with E-state index in [9.17, 15) is 23.4 Å². The van der Waals surface area contributed by atoms with Crippen LogP contribution in [0.1, 0.15) is 40.2 Å². The van der Waals surface area contributed by atoms with Crippen LogP contribution in [0.4, 0.5) is 0 Å². The number of nitrogens with two attached hydrogens (primary N) is 1. The molecule has 0 fully saturated rings. The highest BCUT2D eigenvalue weighted by Crippen LogP contribution is 2.24. The molecule has 10 heteroatoms. The topological polar surface area (TPSA) is 135 Å². The molecule has 0 amide bonds. The fourth-order valence-electron chi connectivity index (χ4n) is 4.33. The maximum atomic E-state index is 12.0. The maximum Gasteiger partial charge on any atom is 0.352 e. The maximum absolute atomic E-state index is 12.0. The number of nitrogens with zero attached hydrogens (tertiary/aromatic N) is 1. The van der Waals surface area contributed by atoms with Gasteiger partial charge in [-0.05, 0) is 72.5 Å². The lowest BCUT2D eigenvalue weighted by Gasteiger charge is -2.18. The number of hydrogen-bond donors (Lipinski definition) is 4. The Labute approximate surface area is 223 Å². The number of carboxylic acids is 1. The number of halogens is 1. The molecule has 8 nitrogen and oxygen atoms in total. The van der Waals surface area contributed by atoms with Crippen molar-refractivity contribution in [1.29, 1.82) is 0 Å². The van der Waals surface area contributed by atoms with Gasteiger partial charge >= 0.3 is 5.97 Å². The van der Waals surface area contributed by atoms with Crippen LogP contribution in [0.2, 0.25) is 0 Å². The lowest BCUT2D eigenvalue weighted by atomic mass is 10.0. The molecule has 4 aromatic rings. The van der Waals surface area contributed by atoms with Gasteiger partial charge in [0, 0.05) is 34.5 Å². The van der Waals surface area contributed by atoms with Crippen molar-refractivity contribution in [3.05, 3.63) is 99.7 Å². The van der Waals surface area contributed by atoms with Crippen LogP contribution in [0.5, 0.6) is 0 Å². The monoisotopic (exact) mass is 585 g/mol. The molecule has 0 bridgehead atoms. The average Bonchev–Trinajstić information content (AvgIpc) is 3.20. The summed E-state index contributed by atoms with van der Waals surface area (Å²) in [5, 5.41) is 29.6. The normalized spacial score (nSPS) is 13.5. The van der Waals surface area contributed by atoms with Crippen molar-refractivity contribution < 1.29 is 23.4 Å². The van der Waals surface area contributed by atoms with Gasteiger partial charge in [-0.1, -0.05) is 46.3 Å². The molecule has 0 aliphatic heterocycles. The summed E-state index contributed by atoms with van der Waals surface area (Å²) in [5.41, 5.74) is 3.53. The Morgan fingerprint density at radius 1 is 1.05 bits per heavy atom. The first-order chi connectivity index (χ1) is 17.5. The van der Waals surface area contributed by atoms with Gasteiger partial charge in [-0.25, -0.2) is 18.4 Å². The minimum absolute atomic E-state index is 0.00333. The van der Waals surface area contributed by atoms with Crippen molar-refractivity contribution in [2.24, 2.45) is 5.14 Å². The number of aromatic nitrogens is 1. The predicted molar refractivity (Wildman–Crippen MR) is 146 cm³/mol. The second-order valence-electron chi connectivity index (χ2n) is 9.09. The number of aromatic carboxylic acids is 1. The fraction of sp³-hybridized carbons (Fsp3) is 0.222. The van der Waals surface area contributed by atoms with Gasteiger partial charge < -0.3 is 20.1 Å². The minimum atomic E-state index is -3.80. The van der Waals surface area contributed by atoms with Crippen LogP contribution in [0.25, 0.3) is 10.9 Å². The van der Waals surface area contributed by atoms with E-state index in [4.69, 9.17) is 5.14 Å². The van der Waals surface area contributed by atoms with Crippen LogP contribution in [-0.2, 0) is 23.0 Å². The first-order valence-corrected chi connectivity index (χ1v) is 14.0. The molecule has 2 unspecified atom stereocenters. The van der Waals surface area contributed by atoms with Crippen molar-refractivity contribution in [3.8, 4) is 0 Å². The molecule has 3 aromatic carbocycles. The van der Waals surface area contributed by atoms with Crippen LogP contribution in [0, 0.1) is 0 Å². The summed E-state index contributed by atoms with van der Waals surface area (Å²) in [6.45, 7) is 2.71. The van der Waals surface area contributed by atoms with Crippen molar-refractivity contribution in [3.63, 3.8) is 0 Å². The molecular weight excluding hydrogens is 558 g/mol. The van der Waals surface area contributed by atoms with Gasteiger partial charge in [0.05, 0.1) is 11.0 Å². The lowest BCUT2D eigenvalue weighted by Crippen LogP contribution is -2.32. The molecular formula is C27H28BrN3O5S. The number of aliphatic hydroxyl groups excluding tert-OH is 1. The summed E-state index contributed by atoms with van der Waals surface area (Å²) in [5.74, 6) is -1.05. The number of rotatable bonds is 10. The Kier molecular flexibility index (Phi) is 8.15. The predicted octanol–water partition coefficient (Wildman–Crippen LogP) is 4.05. The number of sulfonamides is 1. The third-order valence-electron chi connectivity index (χ3n) is 6.21. The molecule has 0 saturated heterocycles. The molecule has 0 radical (unpaired) electrons. The third kappa shape index (κ3) is 6.65. The number of nitrogens with one attached hydrogen (secondary N) is 1. The van der Waals surface area contributed by atoms with E-state index in [0.29, 0.717) is 13.0 Å². The summed E-state index contributed by atoms with van der Waals surface area (Å²) in [7, 11) is -3.80. The SMILES string of the molecule is CC(Cc1ccc2c(c1)cc(C(=O)O)n2Cc1ccc(S(N)(=O)=O)cc1)NCC(O)c1cccc(Br)c1. The Bertz CT molecular complexity index is 1530. The van der Waals surface area contributed by atoms with Gasteiger partial charge in [0.1, 0.15) is 5.69 Å². The average molecular weight is 587 g/mol. The molecule has 0 spiro atoms. The van der Waals surface area contributed by atoms with Crippen LogP contribution < -0.4 is 10.5 Å². The van der Waals surface area contributed by atoms with Crippen molar-refractivity contribution in [1.82, 2.24) is 9.88 Å².